The van der Waals surface area contributed by atoms with Crippen LogP contribution >= 0.6 is 0 Å². The molecule has 0 aliphatic rings. The maximum atomic E-state index is 13.7. The molecule has 1 unspecified atom stereocenters. The van der Waals surface area contributed by atoms with E-state index in [0.717, 1.165) is 0 Å². The van der Waals surface area contributed by atoms with Crippen molar-refractivity contribution in [3.8, 4) is 0 Å². The summed E-state index contributed by atoms with van der Waals surface area (Å²) >= 11 is 0. The van der Waals surface area contributed by atoms with Crippen molar-refractivity contribution < 1.29 is 9.18 Å². The van der Waals surface area contributed by atoms with Crippen LogP contribution in [0.25, 0.3) is 0 Å². The highest BCUT2D eigenvalue weighted by atomic mass is 19.1. The number of aldehydes is 1. The molecule has 1 atom stereocenters. The van der Waals surface area contributed by atoms with Crippen molar-refractivity contribution in [2.45, 2.75) is 26.8 Å². The van der Waals surface area contributed by atoms with Crippen LogP contribution in [0.2, 0.25) is 0 Å². The average molecular weight is 223 g/mol. The quantitative estimate of drug-likeness (QED) is 0.731. The molecule has 3 heteroatoms. The van der Waals surface area contributed by atoms with Gasteiger partial charge in [0.25, 0.3) is 0 Å². The fourth-order valence-electron chi connectivity index (χ4n) is 1.65. The molecule has 0 amide bonds. The first-order valence-electron chi connectivity index (χ1n) is 5.45. The van der Waals surface area contributed by atoms with Crippen LogP contribution in [-0.4, -0.2) is 19.4 Å². The van der Waals surface area contributed by atoms with E-state index in [4.69, 9.17) is 0 Å². The molecule has 1 rings (SSSR count). The molecule has 1 aromatic carbocycles. The van der Waals surface area contributed by atoms with E-state index in [-0.39, 0.29) is 11.9 Å². The number of halogens is 1. The van der Waals surface area contributed by atoms with Crippen molar-refractivity contribution in [2.24, 2.45) is 5.92 Å². The van der Waals surface area contributed by atoms with E-state index in [2.05, 4.69) is 13.8 Å². The van der Waals surface area contributed by atoms with Crippen LogP contribution in [0.5, 0.6) is 0 Å². The van der Waals surface area contributed by atoms with Gasteiger partial charge in [-0.15, -0.1) is 0 Å². The van der Waals surface area contributed by atoms with E-state index in [1.165, 1.54) is 6.07 Å². The predicted molar refractivity (Wildman–Crippen MR) is 64.5 cm³/mol. The zero-order valence-corrected chi connectivity index (χ0v) is 10.2. The van der Waals surface area contributed by atoms with Crippen LogP contribution in [0, 0.1) is 11.7 Å². The van der Waals surface area contributed by atoms with E-state index in [1.807, 2.05) is 18.9 Å². The summed E-state index contributed by atoms with van der Waals surface area (Å²) in [6, 6.07) is 4.74. The molecule has 1 aromatic rings. The smallest absolute Gasteiger partial charge is 0.152 e. The van der Waals surface area contributed by atoms with Crippen molar-refractivity contribution >= 4 is 12.0 Å². The monoisotopic (exact) mass is 223 g/mol. The molecule has 0 radical (unpaired) electrons. The van der Waals surface area contributed by atoms with Gasteiger partial charge in [0, 0.05) is 18.7 Å². The second kappa shape index (κ2) is 5.10. The second-order valence-corrected chi connectivity index (χ2v) is 4.39. The molecular formula is C13H18FNO. The third-order valence-electron chi connectivity index (χ3n) is 3.07. The van der Waals surface area contributed by atoms with Gasteiger partial charge in [-0.1, -0.05) is 19.9 Å². The molecule has 2 nitrogen and oxygen atoms in total. The lowest BCUT2D eigenvalue weighted by molar-refractivity contribution is 0.112. The highest BCUT2D eigenvalue weighted by molar-refractivity contribution is 5.84. The Hall–Kier alpha value is -1.38. The maximum absolute atomic E-state index is 13.7. The van der Waals surface area contributed by atoms with Crippen molar-refractivity contribution in [1.82, 2.24) is 0 Å². The highest BCUT2D eigenvalue weighted by Crippen LogP contribution is 2.25. The number of hydrogen-bond donors (Lipinski definition) is 0. The third kappa shape index (κ3) is 2.40. The number of hydrogen-bond acceptors (Lipinski definition) is 2. The zero-order valence-electron chi connectivity index (χ0n) is 10.2. The van der Waals surface area contributed by atoms with Crippen molar-refractivity contribution in [3.05, 3.63) is 29.6 Å². The molecule has 0 N–H and O–H groups in total. The van der Waals surface area contributed by atoms with Gasteiger partial charge >= 0.3 is 0 Å². The first kappa shape index (κ1) is 12.7. The topological polar surface area (TPSA) is 20.3 Å². The molecule has 0 bridgehead atoms. The minimum atomic E-state index is -0.348. The molecule has 0 spiro atoms. The number of carbonyl (C=O) groups excluding carboxylic acids is 1. The Balaban J connectivity index is 3.16. The van der Waals surface area contributed by atoms with Crippen LogP contribution in [0.3, 0.4) is 0 Å². The van der Waals surface area contributed by atoms with E-state index in [1.54, 1.807) is 12.1 Å². The Kier molecular flexibility index (Phi) is 4.05. The number of anilines is 1. The molecule has 0 saturated carbocycles. The van der Waals surface area contributed by atoms with Gasteiger partial charge in [-0.25, -0.2) is 4.39 Å². The molecule has 0 aliphatic carbocycles. The Morgan fingerprint density at radius 2 is 1.94 bits per heavy atom. The minimum absolute atomic E-state index is 0.176. The van der Waals surface area contributed by atoms with Gasteiger partial charge in [-0.2, -0.15) is 0 Å². The van der Waals surface area contributed by atoms with Crippen LogP contribution in [0.15, 0.2) is 18.2 Å². The van der Waals surface area contributed by atoms with Gasteiger partial charge in [0.1, 0.15) is 5.82 Å². The summed E-state index contributed by atoms with van der Waals surface area (Å²) in [6.07, 6.45) is 0.696. The Labute approximate surface area is 96.1 Å². The lowest BCUT2D eigenvalue weighted by atomic mass is 10.0. The number of rotatable bonds is 4. The Bertz CT molecular complexity index is 376. The van der Waals surface area contributed by atoms with Crippen LogP contribution in [0.1, 0.15) is 31.1 Å². The Morgan fingerprint density at radius 1 is 1.31 bits per heavy atom. The van der Waals surface area contributed by atoms with Crippen LogP contribution in [-0.2, 0) is 0 Å². The molecule has 0 aliphatic heterocycles. The summed E-state index contributed by atoms with van der Waals surface area (Å²) in [7, 11) is 1.82. The largest absolute Gasteiger partial charge is 0.369 e. The van der Waals surface area contributed by atoms with Gasteiger partial charge < -0.3 is 4.90 Å². The zero-order chi connectivity index (χ0) is 12.3. The molecule has 88 valence electrons. The highest BCUT2D eigenvalue weighted by Gasteiger charge is 2.19. The fraction of sp³-hybridized carbons (Fsp3) is 0.462. The minimum Gasteiger partial charge on any atom is -0.369 e. The van der Waals surface area contributed by atoms with Gasteiger partial charge in [0.15, 0.2) is 6.29 Å². The maximum Gasteiger partial charge on any atom is 0.152 e. The molecule has 0 aromatic heterocycles. The Morgan fingerprint density at radius 3 is 2.44 bits per heavy atom. The summed E-state index contributed by atoms with van der Waals surface area (Å²) in [5, 5.41) is 0. The number of carbonyl (C=O) groups is 1. The predicted octanol–water partition coefficient (Wildman–Crippen LogP) is 3.12. The van der Waals surface area contributed by atoms with Crippen LogP contribution < -0.4 is 4.90 Å². The summed E-state index contributed by atoms with van der Waals surface area (Å²) < 4.78 is 13.7. The lowest BCUT2D eigenvalue weighted by Gasteiger charge is -2.31. The van der Waals surface area contributed by atoms with Gasteiger partial charge in [0.05, 0.1) is 5.69 Å². The van der Waals surface area contributed by atoms with E-state index in [9.17, 15) is 9.18 Å². The van der Waals surface area contributed by atoms with Gasteiger partial charge in [-0.3, -0.25) is 4.79 Å². The number of para-hydroxylation sites is 1. The van der Waals surface area contributed by atoms with Crippen LogP contribution in [0.4, 0.5) is 10.1 Å². The van der Waals surface area contributed by atoms with Crippen molar-refractivity contribution in [2.75, 3.05) is 11.9 Å². The van der Waals surface area contributed by atoms with Gasteiger partial charge in [-0.05, 0) is 25.0 Å². The van der Waals surface area contributed by atoms with E-state index in [0.29, 0.717) is 23.5 Å². The summed E-state index contributed by atoms with van der Waals surface area (Å²) in [6.45, 7) is 6.16. The first-order chi connectivity index (χ1) is 7.49. The first-order valence-corrected chi connectivity index (χ1v) is 5.45. The fourth-order valence-corrected chi connectivity index (χ4v) is 1.65. The summed E-state index contributed by atoms with van der Waals surface area (Å²) in [5.41, 5.74) is 0.786. The molecule has 0 saturated heterocycles. The SMILES string of the molecule is CC(C)C(C)N(C)c1c(F)cccc1C=O. The van der Waals surface area contributed by atoms with Crippen molar-refractivity contribution in [3.63, 3.8) is 0 Å². The standard InChI is InChI=1S/C13H18FNO/c1-9(2)10(3)15(4)13-11(8-16)6-5-7-12(13)14/h5-10H,1-4H3. The summed E-state index contributed by atoms with van der Waals surface area (Å²) in [5.74, 6) is 0.0451. The number of nitrogens with zero attached hydrogens (tertiary/aromatic N) is 1. The molecule has 16 heavy (non-hydrogen) atoms. The van der Waals surface area contributed by atoms with E-state index >= 15 is 0 Å². The molecule has 0 heterocycles. The molecular weight excluding hydrogens is 205 g/mol. The lowest BCUT2D eigenvalue weighted by Crippen LogP contribution is -2.34. The van der Waals surface area contributed by atoms with Gasteiger partial charge in [0.2, 0.25) is 0 Å². The number of benzene rings is 1. The average Bonchev–Trinajstić information content (AvgIpc) is 2.26. The normalized spacial score (nSPS) is 12.6. The third-order valence-corrected chi connectivity index (χ3v) is 3.07. The van der Waals surface area contributed by atoms with E-state index < -0.39 is 0 Å². The molecule has 0 fully saturated rings. The second-order valence-electron chi connectivity index (χ2n) is 4.39. The van der Waals surface area contributed by atoms with Crippen molar-refractivity contribution in [1.29, 1.82) is 0 Å². The summed E-state index contributed by atoms with van der Waals surface area (Å²) in [4.78, 5) is 12.7.